The quantitative estimate of drug-likeness (QED) is 0.424. The maximum atomic E-state index is 4.24. The fraction of sp³-hybridized carbons (Fsp3) is 0.917. The second-order valence-electron chi connectivity index (χ2n) is 4.67. The normalized spacial score (nSPS) is 20.9. The predicted molar refractivity (Wildman–Crippen MR) is 78.0 cm³/mol. The van der Waals surface area contributed by atoms with Crippen molar-refractivity contribution in [3.8, 4) is 0 Å². The van der Waals surface area contributed by atoms with Gasteiger partial charge >= 0.3 is 0 Å². The van der Waals surface area contributed by atoms with Gasteiger partial charge in [-0.25, -0.2) is 0 Å². The Morgan fingerprint density at radius 2 is 2.24 bits per heavy atom. The molecule has 0 aromatic carbocycles. The minimum Gasteiger partial charge on any atom is -0.356 e. The van der Waals surface area contributed by atoms with Gasteiger partial charge in [0.1, 0.15) is 0 Å². The molecule has 1 fully saturated rings. The average Bonchev–Trinajstić information content (AvgIpc) is 2.81. The monoisotopic (exact) mass is 258 g/mol. The molecule has 1 heterocycles. The molecule has 5 heteroatoms. The van der Waals surface area contributed by atoms with Gasteiger partial charge in [-0.3, -0.25) is 4.99 Å². The summed E-state index contributed by atoms with van der Waals surface area (Å²) in [5, 5.41) is 7.53. The van der Waals surface area contributed by atoms with Gasteiger partial charge in [-0.1, -0.05) is 0 Å². The number of nitrogens with one attached hydrogen (secondary N) is 2. The molecule has 0 aromatic rings. The van der Waals surface area contributed by atoms with Crippen LogP contribution in [0.1, 0.15) is 19.3 Å². The highest BCUT2D eigenvalue weighted by Crippen LogP contribution is 2.25. The first-order chi connectivity index (χ1) is 8.22. The number of hydrogen-bond acceptors (Lipinski definition) is 3. The minimum atomic E-state index is 0.773. The lowest BCUT2D eigenvalue weighted by atomic mass is 10.2. The zero-order chi connectivity index (χ0) is 12.5. The van der Waals surface area contributed by atoms with E-state index >= 15 is 0 Å². The standard InChI is InChI=1S/C12H26N4S/c1-13-12(14-7-5-8-16(2)3)15-10-11-6-4-9-17-11/h11H,4-10H2,1-3H3,(H2,13,14,15). The third-order valence-electron chi connectivity index (χ3n) is 2.82. The maximum absolute atomic E-state index is 4.24. The summed E-state index contributed by atoms with van der Waals surface area (Å²) in [6, 6.07) is 0. The van der Waals surface area contributed by atoms with E-state index in [4.69, 9.17) is 0 Å². The van der Waals surface area contributed by atoms with Crippen molar-refractivity contribution in [2.45, 2.75) is 24.5 Å². The van der Waals surface area contributed by atoms with Crippen LogP contribution in [0.15, 0.2) is 4.99 Å². The van der Waals surface area contributed by atoms with Gasteiger partial charge in [-0.2, -0.15) is 11.8 Å². The van der Waals surface area contributed by atoms with Crippen LogP contribution in [0.4, 0.5) is 0 Å². The van der Waals surface area contributed by atoms with Crippen LogP contribution in [-0.4, -0.2) is 62.6 Å². The SMILES string of the molecule is CN=C(NCCCN(C)C)NCC1CCCS1. The van der Waals surface area contributed by atoms with E-state index in [0.29, 0.717) is 0 Å². The zero-order valence-corrected chi connectivity index (χ0v) is 12.1. The molecule has 100 valence electrons. The molecule has 1 rings (SSSR count). The molecule has 0 amide bonds. The van der Waals surface area contributed by atoms with Gasteiger partial charge in [0.2, 0.25) is 0 Å². The van der Waals surface area contributed by atoms with Crippen molar-refractivity contribution in [3.63, 3.8) is 0 Å². The van der Waals surface area contributed by atoms with Gasteiger partial charge in [-0.05, 0) is 45.7 Å². The van der Waals surface area contributed by atoms with Crippen molar-refractivity contribution in [3.05, 3.63) is 0 Å². The summed E-state index contributed by atoms with van der Waals surface area (Å²) in [5.41, 5.74) is 0. The average molecular weight is 258 g/mol. The summed E-state index contributed by atoms with van der Waals surface area (Å²) in [6.07, 6.45) is 3.85. The first kappa shape index (κ1) is 14.6. The van der Waals surface area contributed by atoms with Crippen molar-refractivity contribution in [1.82, 2.24) is 15.5 Å². The van der Waals surface area contributed by atoms with Gasteiger partial charge in [-0.15, -0.1) is 0 Å². The highest BCUT2D eigenvalue weighted by Gasteiger charge is 2.15. The topological polar surface area (TPSA) is 39.7 Å². The van der Waals surface area contributed by atoms with Crippen LogP contribution in [0.3, 0.4) is 0 Å². The van der Waals surface area contributed by atoms with E-state index in [1.807, 2.05) is 7.05 Å². The fourth-order valence-electron chi connectivity index (χ4n) is 1.84. The summed E-state index contributed by atoms with van der Waals surface area (Å²) in [4.78, 5) is 6.44. The van der Waals surface area contributed by atoms with E-state index in [-0.39, 0.29) is 0 Å². The summed E-state index contributed by atoms with van der Waals surface area (Å²) in [6.45, 7) is 3.14. The summed E-state index contributed by atoms with van der Waals surface area (Å²) in [7, 11) is 6.04. The van der Waals surface area contributed by atoms with Crippen LogP contribution < -0.4 is 10.6 Å². The molecule has 1 aliphatic rings. The number of hydrogen-bond donors (Lipinski definition) is 2. The third-order valence-corrected chi connectivity index (χ3v) is 4.22. The predicted octanol–water partition coefficient (Wildman–Crippen LogP) is 0.999. The zero-order valence-electron chi connectivity index (χ0n) is 11.3. The summed E-state index contributed by atoms with van der Waals surface area (Å²) < 4.78 is 0. The van der Waals surface area contributed by atoms with Crippen molar-refractivity contribution in [2.75, 3.05) is 46.5 Å². The van der Waals surface area contributed by atoms with Crippen LogP contribution in [-0.2, 0) is 0 Å². The molecule has 1 saturated heterocycles. The van der Waals surface area contributed by atoms with E-state index in [1.54, 1.807) is 0 Å². The molecule has 1 aliphatic heterocycles. The first-order valence-electron chi connectivity index (χ1n) is 6.43. The molecule has 0 saturated carbocycles. The number of guanidine groups is 1. The van der Waals surface area contributed by atoms with Gasteiger partial charge < -0.3 is 15.5 Å². The smallest absolute Gasteiger partial charge is 0.191 e. The van der Waals surface area contributed by atoms with Crippen molar-refractivity contribution in [2.24, 2.45) is 4.99 Å². The molecule has 4 nitrogen and oxygen atoms in total. The largest absolute Gasteiger partial charge is 0.356 e. The molecule has 0 aromatic heterocycles. The molecule has 1 atom stereocenters. The van der Waals surface area contributed by atoms with Crippen LogP contribution in [0, 0.1) is 0 Å². The van der Waals surface area contributed by atoms with Crippen molar-refractivity contribution < 1.29 is 0 Å². The Bertz CT molecular complexity index is 225. The van der Waals surface area contributed by atoms with Gasteiger partial charge in [0.05, 0.1) is 0 Å². The van der Waals surface area contributed by atoms with Gasteiger partial charge in [0.25, 0.3) is 0 Å². The number of nitrogens with zero attached hydrogens (tertiary/aromatic N) is 2. The van der Waals surface area contributed by atoms with Crippen LogP contribution in [0.25, 0.3) is 0 Å². The molecule has 0 radical (unpaired) electrons. The Balaban J connectivity index is 2.07. The summed E-state index contributed by atoms with van der Waals surface area (Å²) >= 11 is 2.08. The van der Waals surface area contributed by atoms with E-state index in [9.17, 15) is 0 Å². The maximum Gasteiger partial charge on any atom is 0.191 e. The highest BCUT2D eigenvalue weighted by molar-refractivity contribution is 8.00. The van der Waals surface area contributed by atoms with E-state index < -0.39 is 0 Å². The highest BCUT2D eigenvalue weighted by atomic mass is 32.2. The van der Waals surface area contributed by atoms with E-state index in [2.05, 4.69) is 46.4 Å². The lowest BCUT2D eigenvalue weighted by Crippen LogP contribution is -2.41. The van der Waals surface area contributed by atoms with Crippen molar-refractivity contribution in [1.29, 1.82) is 0 Å². The lowest BCUT2D eigenvalue weighted by Gasteiger charge is -2.15. The minimum absolute atomic E-state index is 0.773. The molecule has 1 unspecified atom stereocenters. The van der Waals surface area contributed by atoms with Gasteiger partial charge in [0.15, 0.2) is 5.96 Å². The van der Waals surface area contributed by atoms with E-state index in [0.717, 1.165) is 37.3 Å². The van der Waals surface area contributed by atoms with Crippen LogP contribution in [0.5, 0.6) is 0 Å². The Hall–Kier alpha value is -0.420. The fourth-order valence-corrected chi connectivity index (χ4v) is 3.04. The molecule has 2 N–H and O–H groups in total. The number of aliphatic imine (C=N–C) groups is 1. The van der Waals surface area contributed by atoms with Crippen LogP contribution >= 0.6 is 11.8 Å². The molecule has 0 aliphatic carbocycles. The number of rotatable bonds is 6. The van der Waals surface area contributed by atoms with Crippen molar-refractivity contribution >= 4 is 17.7 Å². The second kappa shape index (κ2) is 8.64. The Kier molecular flexibility index (Phi) is 7.44. The molecule has 17 heavy (non-hydrogen) atoms. The molecule has 0 spiro atoms. The van der Waals surface area contributed by atoms with Gasteiger partial charge in [0, 0.05) is 25.4 Å². The van der Waals surface area contributed by atoms with Crippen LogP contribution in [0.2, 0.25) is 0 Å². The number of thioether (sulfide) groups is 1. The third kappa shape index (κ3) is 6.78. The Labute approximate surface area is 110 Å². The molecular weight excluding hydrogens is 232 g/mol. The summed E-state index contributed by atoms with van der Waals surface area (Å²) in [5.74, 6) is 2.26. The van der Waals surface area contributed by atoms with E-state index in [1.165, 1.54) is 18.6 Å². The lowest BCUT2D eigenvalue weighted by molar-refractivity contribution is 0.399. The second-order valence-corrected chi connectivity index (χ2v) is 6.08. The molecular formula is C12H26N4S. The Morgan fingerprint density at radius 1 is 1.41 bits per heavy atom. The Morgan fingerprint density at radius 3 is 2.82 bits per heavy atom. The first-order valence-corrected chi connectivity index (χ1v) is 7.48. The molecule has 0 bridgehead atoms.